The molecule has 2 N–H and O–H groups in total. The third kappa shape index (κ3) is 4.58. The molecule has 0 radical (unpaired) electrons. The number of carbonyl (C=O) groups excluding carboxylic acids is 2. The van der Waals surface area contributed by atoms with Crippen molar-refractivity contribution < 1.29 is 34.0 Å². The molecule has 9 nitrogen and oxygen atoms in total. The van der Waals surface area contributed by atoms with E-state index in [0.717, 1.165) is 16.0 Å². The Hall–Kier alpha value is -4.09. The molecule has 11 heteroatoms. The standard InChI is InChI=1S/C30H25BrN2O7S/c1-4-39-18-6-7-20-23(13-18)41-30(32-20)33-25(17-11-19(31)27(35)22(12-17)38-3)24(28(36)29(33)37)26(34)15-5-8-21-16(10-15)9-14(2)40-21/h5-8,10-14,25,34-35H,4,9H2,1-3H3/b26-24+/t14-,25-/m1/s1. The van der Waals surface area contributed by atoms with Crippen molar-refractivity contribution in [2.24, 2.45) is 0 Å². The second kappa shape index (κ2) is 10.4. The van der Waals surface area contributed by atoms with Crippen molar-refractivity contribution in [1.29, 1.82) is 0 Å². The number of aliphatic hydroxyl groups is 1. The maximum atomic E-state index is 13.7. The number of hydrogen-bond donors (Lipinski definition) is 2. The van der Waals surface area contributed by atoms with E-state index in [2.05, 4.69) is 20.9 Å². The minimum Gasteiger partial charge on any atom is -0.507 e. The number of amides is 1. The smallest absolute Gasteiger partial charge is 0.301 e. The van der Waals surface area contributed by atoms with Gasteiger partial charge in [-0.2, -0.15) is 0 Å². The fraction of sp³-hybridized carbons (Fsp3) is 0.233. The second-order valence-corrected chi connectivity index (χ2v) is 11.6. The molecule has 2 aliphatic heterocycles. The molecule has 2 atom stereocenters. The summed E-state index contributed by atoms with van der Waals surface area (Å²) in [5.74, 6) is -0.619. The van der Waals surface area contributed by atoms with E-state index in [1.807, 2.05) is 19.9 Å². The van der Waals surface area contributed by atoms with E-state index in [9.17, 15) is 19.8 Å². The molecule has 0 bridgehead atoms. The number of aromatic hydroxyl groups is 1. The summed E-state index contributed by atoms with van der Waals surface area (Å²) in [6.07, 6.45) is 0.656. The van der Waals surface area contributed by atoms with Crippen LogP contribution in [0.1, 0.15) is 36.6 Å². The first-order valence-corrected chi connectivity index (χ1v) is 14.5. The van der Waals surface area contributed by atoms with Crippen LogP contribution in [0.3, 0.4) is 0 Å². The number of hydrogen-bond acceptors (Lipinski definition) is 9. The Labute approximate surface area is 247 Å². The molecule has 1 amide bonds. The van der Waals surface area contributed by atoms with Crippen LogP contribution in [-0.2, 0) is 16.0 Å². The van der Waals surface area contributed by atoms with E-state index in [0.29, 0.717) is 39.9 Å². The van der Waals surface area contributed by atoms with Crippen LogP contribution in [0.15, 0.2) is 58.6 Å². The quantitative estimate of drug-likeness (QED) is 0.148. The Kier molecular flexibility index (Phi) is 6.87. The van der Waals surface area contributed by atoms with Gasteiger partial charge < -0.3 is 24.4 Å². The summed E-state index contributed by atoms with van der Waals surface area (Å²) in [6, 6.07) is 12.7. The number of ketones is 1. The summed E-state index contributed by atoms with van der Waals surface area (Å²) in [4.78, 5) is 33.3. The average molecular weight is 638 g/mol. The lowest BCUT2D eigenvalue weighted by Gasteiger charge is -2.24. The number of nitrogens with zero attached hydrogens (tertiary/aromatic N) is 2. The molecule has 3 aromatic carbocycles. The number of anilines is 1. The predicted octanol–water partition coefficient (Wildman–Crippen LogP) is 6.12. The first-order chi connectivity index (χ1) is 19.7. The molecule has 0 unspecified atom stereocenters. The highest BCUT2D eigenvalue weighted by molar-refractivity contribution is 9.10. The molecule has 0 saturated carbocycles. The van der Waals surface area contributed by atoms with Gasteiger partial charge in [-0.25, -0.2) is 4.98 Å². The van der Waals surface area contributed by atoms with E-state index < -0.39 is 17.7 Å². The number of rotatable bonds is 6. The van der Waals surface area contributed by atoms with Gasteiger partial charge in [0, 0.05) is 12.0 Å². The van der Waals surface area contributed by atoms with Gasteiger partial charge >= 0.3 is 5.91 Å². The second-order valence-electron chi connectivity index (χ2n) is 9.74. The number of benzene rings is 3. The van der Waals surface area contributed by atoms with Gasteiger partial charge in [0.25, 0.3) is 5.78 Å². The van der Waals surface area contributed by atoms with Crippen LogP contribution < -0.4 is 19.1 Å². The number of halogens is 1. The highest BCUT2D eigenvalue weighted by atomic mass is 79.9. The molecular weight excluding hydrogens is 612 g/mol. The van der Waals surface area contributed by atoms with Gasteiger partial charge in [-0.1, -0.05) is 11.3 Å². The van der Waals surface area contributed by atoms with Gasteiger partial charge in [-0.05, 0) is 89.4 Å². The monoisotopic (exact) mass is 636 g/mol. The van der Waals surface area contributed by atoms with Crippen molar-refractivity contribution in [3.63, 3.8) is 0 Å². The number of Topliss-reactive ketones (excluding diaryl/α,β-unsaturated/α-hetero) is 1. The highest BCUT2D eigenvalue weighted by Crippen LogP contribution is 2.48. The third-order valence-corrected chi connectivity index (χ3v) is 8.69. The molecule has 1 saturated heterocycles. The lowest BCUT2D eigenvalue weighted by molar-refractivity contribution is -0.132. The summed E-state index contributed by atoms with van der Waals surface area (Å²) in [5, 5.41) is 22.3. The van der Waals surface area contributed by atoms with Crippen molar-refractivity contribution in [3.8, 4) is 23.0 Å². The molecule has 6 rings (SSSR count). The number of phenolic OH excluding ortho intramolecular Hbond substituents is 1. The molecule has 0 aliphatic carbocycles. The Morgan fingerprint density at radius 2 is 2.00 bits per heavy atom. The van der Waals surface area contributed by atoms with E-state index in [1.165, 1.54) is 29.4 Å². The highest BCUT2D eigenvalue weighted by Gasteiger charge is 2.48. The van der Waals surface area contributed by atoms with Crippen molar-refractivity contribution in [2.45, 2.75) is 32.4 Å². The molecule has 3 heterocycles. The maximum Gasteiger partial charge on any atom is 0.301 e. The Morgan fingerprint density at radius 3 is 2.76 bits per heavy atom. The first-order valence-electron chi connectivity index (χ1n) is 12.9. The van der Waals surface area contributed by atoms with Gasteiger partial charge in [-0.3, -0.25) is 14.5 Å². The lowest BCUT2D eigenvalue weighted by Crippen LogP contribution is -2.29. The average Bonchev–Trinajstić information content (AvgIpc) is 3.61. The van der Waals surface area contributed by atoms with Crippen molar-refractivity contribution in [2.75, 3.05) is 18.6 Å². The normalized spacial score (nSPS) is 19.5. The molecule has 2 aliphatic rings. The zero-order chi connectivity index (χ0) is 29.0. The molecule has 1 fully saturated rings. The van der Waals surface area contributed by atoms with Crippen LogP contribution in [0.2, 0.25) is 0 Å². The van der Waals surface area contributed by atoms with E-state index in [-0.39, 0.29) is 34.1 Å². The Bertz CT molecular complexity index is 1770. The number of aliphatic hydroxyl groups excluding tert-OH is 1. The van der Waals surface area contributed by atoms with E-state index in [4.69, 9.17) is 14.2 Å². The van der Waals surface area contributed by atoms with Crippen molar-refractivity contribution in [1.82, 2.24) is 4.98 Å². The van der Waals surface area contributed by atoms with Crippen LogP contribution in [-0.4, -0.2) is 46.7 Å². The van der Waals surface area contributed by atoms with Crippen LogP contribution >= 0.6 is 27.3 Å². The maximum absolute atomic E-state index is 13.7. The number of thiazole rings is 1. The Morgan fingerprint density at radius 1 is 1.20 bits per heavy atom. The number of ether oxygens (including phenoxy) is 3. The lowest BCUT2D eigenvalue weighted by atomic mass is 9.94. The number of methoxy groups -OCH3 is 1. The zero-order valence-electron chi connectivity index (χ0n) is 22.3. The topological polar surface area (TPSA) is 118 Å². The van der Waals surface area contributed by atoms with Crippen LogP contribution in [0.5, 0.6) is 23.0 Å². The Balaban J connectivity index is 1.55. The van der Waals surface area contributed by atoms with Crippen LogP contribution in [0.25, 0.3) is 16.0 Å². The molecule has 210 valence electrons. The number of aromatic nitrogens is 1. The number of fused-ring (bicyclic) bond motifs is 2. The summed E-state index contributed by atoms with van der Waals surface area (Å²) in [5.41, 5.74) is 2.25. The SMILES string of the molecule is CCOc1ccc2nc(N3C(=O)C(=O)/C(=C(/O)c4ccc5c(c4)C[C@@H](C)O5)[C@H]3c3cc(Br)c(O)c(OC)c3)sc2c1. The predicted molar refractivity (Wildman–Crippen MR) is 158 cm³/mol. The van der Waals surface area contributed by atoms with E-state index >= 15 is 0 Å². The third-order valence-electron chi connectivity index (χ3n) is 7.07. The molecule has 41 heavy (non-hydrogen) atoms. The van der Waals surface area contributed by atoms with Gasteiger partial charge in [0.15, 0.2) is 16.6 Å². The summed E-state index contributed by atoms with van der Waals surface area (Å²) in [6.45, 7) is 4.34. The molecule has 4 aromatic rings. The van der Waals surface area contributed by atoms with Gasteiger partial charge in [0.2, 0.25) is 0 Å². The molecular formula is C30H25BrN2O7S. The number of phenols is 1. The first kappa shape index (κ1) is 27.1. The van der Waals surface area contributed by atoms with Crippen molar-refractivity contribution in [3.05, 3.63) is 75.3 Å². The fourth-order valence-corrected chi connectivity index (χ4v) is 6.71. The van der Waals surface area contributed by atoms with Gasteiger partial charge in [-0.15, -0.1) is 0 Å². The van der Waals surface area contributed by atoms with Gasteiger partial charge in [0.05, 0.1) is 40.0 Å². The summed E-state index contributed by atoms with van der Waals surface area (Å²) < 4.78 is 17.8. The van der Waals surface area contributed by atoms with Crippen molar-refractivity contribution >= 4 is 60.1 Å². The largest absolute Gasteiger partial charge is 0.507 e. The summed E-state index contributed by atoms with van der Waals surface area (Å²) in [7, 11) is 1.40. The minimum atomic E-state index is -1.06. The van der Waals surface area contributed by atoms with E-state index in [1.54, 1.807) is 36.4 Å². The summed E-state index contributed by atoms with van der Waals surface area (Å²) >= 11 is 4.58. The minimum absolute atomic E-state index is 0.00272. The zero-order valence-corrected chi connectivity index (χ0v) is 24.7. The molecule has 0 spiro atoms. The van der Waals surface area contributed by atoms with Crippen LogP contribution in [0.4, 0.5) is 5.13 Å². The van der Waals surface area contributed by atoms with Gasteiger partial charge in [0.1, 0.15) is 23.4 Å². The molecule has 1 aromatic heterocycles. The fourth-order valence-electron chi connectivity index (χ4n) is 5.23. The van der Waals surface area contributed by atoms with Crippen LogP contribution in [0, 0.1) is 0 Å². The number of carbonyl (C=O) groups is 2.